The molecule has 3 aromatic rings. The average molecular weight is 315 g/mol. The number of hydrogen-bond acceptors (Lipinski definition) is 5. The Morgan fingerprint density at radius 1 is 1.00 bits per heavy atom. The fourth-order valence-corrected chi connectivity index (χ4v) is 2.75. The van der Waals surface area contributed by atoms with Crippen LogP contribution < -0.4 is 5.14 Å². The molecule has 7 heteroatoms. The minimum Gasteiger partial charge on any atom is -0.360 e. The van der Waals surface area contributed by atoms with Gasteiger partial charge < -0.3 is 4.52 Å². The van der Waals surface area contributed by atoms with Crippen LogP contribution in [0.4, 0.5) is 0 Å². The third-order valence-electron chi connectivity index (χ3n) is 3.29. The highest BCUT2D eigenvalue weighted by Gasteiger charge is 2.17. The van der Waals surface area contributed by atoms with Crippen LogP contribution in [0.25, 0.3) is 22.4 Å². The topological polar surface area (TPSA) is 99.1 Å². The number of sulfonamides is 1. The Kier molecular flexibility index (Phi) is 3.51. The monoisotopic (exact) mass is 315 g/mol. The van der Waals surface area contributed by atoms with Gasteiger partial charge in [-0.25, -0.2) is 13.6 Å². The van der Waals surface area contributed by atoms with Crippen molar-refractivity contribution in [1.82, 2.24) is 10.1 Å². The molecular weight excluding hydrogens is 302 g/mol. The zero-order chi connectivity index (χ0) is 15.7. The van der Waals surface area contributed by atoms with Gasteiger partial charge >= 0.3 is 0 Å². The van der Waals surface area contributed by atoms with Crippen LogP contribution in [0, 0.1) is 6.92 Å². The van der Waals surface area contributed by atoms with Crippen LogP contribution in [0.3, 0.4) is 0 Å². The van der Waals surface area contributed by atoms with Crippen molar-refractivity contribution in [2.24, 2.45) is 5.14 Å². The summed E-state index contributed by atoms with van der Waals surface area (Å²) in [6.07, 6.45) is 3.35. The lowest BCUT2D eigenvalue weighted by atomic mass is 10.0. The van der Waals surface area contributed by atoms with E-state index in [1.807, 2.05) is 12.1 Å². The summed E-state index contributed by atoms with van der Waals surface area (Å²) in [5.41, 5.74) is 3.17. The number of hydrogen-bond donors (Lipinski definition) is 1. The highest BCUT2D eigenvalue weighted by Crippen LogP contribution is 2.34. The van der Waals surface area contributed by atoms with Crippen LogP contribution in [-0.4, -0.2) is 18.6 Å². The van der Waals surface area contributed by atoms with Gasteiger partial charge in [0.25, 0.3) is 0 Å². The summed E-state index contributed by atoms with van der Waals surface area (Å²) in [6.45, 7) is 1.81. The van der Waals surface area contributed by atoms with E-state index in [1.165, 1.54) is 12.1 Å². The van der Waals surface area contributed by atoms with Crippen LogP contribution in [0.2, 0.25) is 0 Å². The zero-order valence-corrected chi connectivity index (χ0v) is 12.5. The molecule has 0 saturated carbocycles. The summed E-state index contributed by atoms with van der Waals surface area (Å²) in [4.78, 5) is 4.05. The van der Waals surface area contributed by atoms with Crippen LogP contribution >= 0.6 is 0 Å². The van der Waals surface area contributed by atoms with Gasteiger partial charge in [0.05, 0.1) is 10.5 Å². The Hall–Kier alpha value is -2.51. The first-order valence-electron chi connectivity index (χ1n) is 6.47. The molecule has 0 saturated heterocycles. The molecule has 0 bridgehead atoms. The number of primary sulfonamides is 1. The Morgan fingerprint density at radius 2 is 1.64 bits per heavy atom. The third-order valence-corrected chi connectivity index (χ3v) is 4.22. The van der Waals surface area contributed by atoms with E-state index in [4.69, 9.17) is 9.66 Å². The van der Waals surface area contributed by atoms with Crippen molar-refractivity contribution in [3.63, 3.8) is 0 Å². The van der Waals surface area contributed by atoms with Gasteiger partial charge in [0.2, 0.25) is 10.0 Å². The second kappa shape index (κ2) is 5.36. The van der Waals surface area contributed by atoms with Crippen molar-refractivity contribution >= 4 is 10.0 Å². The molecule has 1 aromatic carbocycles. The number of aryl methyl sites for hydroxylation is 1. The minimum absolute atomic E-state index is 0.0656. The first-order valence-corrected chi connectivity index (χ1v) is 8.01. The molecule has 112 valence electrons. The first-order chi connectivity index (χ1) is 10.5. The molecule has 6 nitrogen and oxygen atoms in total. The van der Waals surface area contributed by atoms with E-state index in [0.29, 0.717) is 11.5 Å². The average Bonchev–Trinajstić information content (AvgIpc) is 2.89. The lowest BCUT2D eigenvalue weighted by Crippen LogP contribution is -2.11. The highest BCUT2D eigenvalue weighted by atomic mass is 32.2. The number of pyridine rings is 1. The maximum absolute atomic E-state index is 11.3. The van der Waals surface area contributed by atoms with Crippen molar-refractivity contribution in [3.8, 4) is 22.4 Å². The molecule has 0 fully saturated rings. The molecule has 3 rings (SSSR count). The predicted molar refractivity (Wildman–Crippen MR) is 81.3 cm³/mol. The number of aromatic nitrogens is 2. The molecule has 0 spiro atoms. The van der Waals surface area contributed by atoms with Crippen LogP contribution in [0.5, 0.6) is 0 Å². The summed E-state index contributed by atoms with van der Waals surface area (Å²) in [7, 11) is -3.71. The summed E-state index contributed by atoms with van der Waals surface area (Å²) < 4.78 is 27.9. The normalized spacial score (nSPS) is 11.5. The van der Waals surface area contributed by atoms with Gasteiger partial charge in [-0.2, -0.15) is 0 Å². The SMILES string of the molecule is Cc1onc(-c2ccncc2)c1-c1ccc(S(N)(=O)=O)cc1. The highest BCUT2D eigenvalue weighted by molar-refractivity contribution is 7.89. The third kappa shape index (κ3) is 2.63. The van der Waals surface area contributed by atoms with Crippen molar-refractivity contribution in [3.05, 3.63) is 54.6 Å². The van der Waals surface area contributed by atoms with Gasteiger partial charge in [0, 0.05) is 18.0 Å². The summed E-state index contributed by atoms with van der Waals surface area (Å²) in [5, 5.41) is 9.20. The lowest BCUT2D eigenvalue weighted by molar-refractivity contribution is 0.400. The quantitative estimate of drug-likeness (QED) is 0.800. The van der Waals surface area contributed by atoms with Crippen molar-refractivity contribution in [2.45, 2.75) is 11.8 Å². The maximum atomic E-state index is 11.3. The molecule has 0 unspecified atom stereocenters. The van der Waals surface area contributed by atoms with Gasteiger partial charge in [-0.15, -0.1) is 0 Å². The predicted octanol–water partition coefficient (Wildman–Crippen LogP) is 2.36. The van der Waals surface area contributed by atoms with Crippen molar-refractivity contribution in [1.29, 1.82) is 0 Å². The first kappa shape index (κ1) is 14.4. The largest absolute Gasteiger partial charge is 0.360 e. The molecule has 0 aliphatic heterocycles. The number of nitrogens with zero attached hydrogens (tertiary/aromatic N) is 2. The summed E-state index contributed by atoms with van der Waals surface area (Å²) in [6, 6.07) is 9.97. The van der Waals surface area contributed by atoms with Crippen LogP contribution in [0.1, 0.15) is 5.76 Å². The van der Waals surface area contributed by atoms with E-state index in [1.54, 1.807) is 31.5 Å². The minimum atomic E-state index is -3.71. The molecule has 0 amide bonds. The molecule has 2 heterocycles. The van der Waals surface area contributed by atoms with Gasteiger partial charge in [0.1, 0.15) is 11.5 Å². The smallest absolute Gasteiger partial charge is 0.238 e. The molecule has 2 aromatic heterocycles. The van der Waals surface area contributed by atoms with E-state index in [9.17, 15) is 8.42 Å². The molecule has 0 atom stereocenters. The van der Waals surface area contributed by atoms with Gasteiger partial charge in [0.15, 0.2) is 0 Å². The summed E-state index contributed by atoms with van der Waals surface area (Å²) in [5.74, 6) is 0.648. The number of nitrogens with two attached hydrogens (primary N) is 1. The Bertz CT molecular complexity index is 901. The molecular formula is C15H13N3O3S. The number of benzene rings is 1. The fourth-order valence-electron chi connectivity index (χ4n) is 2.23. The van der Waals surface area contributed by atoms with Gasteiger partial charge in [-0.05, 0) is 36.8 Å². The Labute approximate surface area is 127 Å². The standard InChI is InChI=1S/C15H13N3O3S/c1-10-14(11-2-4-13(5-3-11)22(16,19)20)15(18-21-10)12-6-8-17-9-7-12/h2-9H,1H3,(H2,16,19,20). The molecule has 22 heavy (non-hydrogen) atoms. The fraction of sp³-hybridized carbons (Fsp3) is 0.0667. The van der Waals surface area contributed by atoms with E-state index in [0.717, 1.165) is 16.7 Å². The van der Waals surface area contributed by atoms with Gasteiger partial charge in [-0.3, -0.25) is 4.98 Å². The number of rotatable bonds is 3. The van der Waals surface area contributed by atoms with Crippen LogP contribution in [-0.2, 0) is 10.0 Å². The summed E-state index contributed by atoms with van der Waals surface area (Å²) >= 11 is 0. The second-order valence-corrected chi connectivity index (χ2v) is 6.33. The molecule has 2 N–H and O–H groups in total. The molecule has 0 aliphatic rings. The lowest BCUT2D eigenvalue weighted by Gasteiger charge is -2.04. The van der Waals surface area contributed by atoms with E-state index in [2.05, 4.69) is 10.1 Å². The Morgan fingerprint density at radius 3 is 2.23 bits per heavy atom. The second-order valence-electron chi connectivity index (χ2n) is 4.77. The van der Waals surface area contributed by atoms with E-state index >= 15 is 0 Å². The van der Waals surface area contributed by atoms with Crippen LogP contribution in [0.15, 0.2) is 58.2 Å². The van der Waals surface area contributed by atoms with Crippen molar-refractivity contribution < 1.29 is 12.9 Å². The maximum Gasteiger partial charge on any atom is 0.238 e. The zero-order valence-electron chi connectivity index (χ0n) is 11.7. The van der Waals surface area contributed by atoms with Gasteiger partial charge in [-0.1, -0.05) is 17.3 Å². The Balaban J connectivity index is 2.12. The van der Waals surface area contributed by atoms with Crippen molar-refractivity contribution in [2.75, 3.05) is 0 Å². The van der Waals surface area contributed by atoms with E-state index < -0.39 is 10.0 Å². The van der Waals surface area contributed by atoms with E-state index in [-0.39, 0.29) is 4.90 Å². The molecule has 0 aliphatic carbocycles. The molecule has 0 radical (unpaired) electrons.